The number of nitrogens with zero attached hydrogens (tertiary/aromatic N) is 2. The molecule has 0 fully saturated rings. The number of carbonyl (C=O) groups is 1. The van der Waals surface area contributed by atoms with E-state index in [1.165, 1.54) is 0 Å². The summed E-state index contributed by atoms with van der Waals surface area (Å²) in [6.07, 6.45) is 4.11. The van der Waals surface area contributed by atoms with E-state index in [1.807, 2.05) is 55.5 Å². The number of Topliss-reactive ketones (excluding diaryl/α,β-unsaturated/α-hetero) is 1. The molecule has 0 saturated carbocycles. The Labute approximate surface area is 177 Å². The Hall–Kier alpha value is -2.99. The summed E-state index contributed by atoms with van der Waals surface area (Å²) in [7, 11) is 0. The third-order valence-corrected chi connectivity index (χ3v) is 5.23. The molecule has 0 aliphatic carbocycles. The van der Waals surface area contributed by atoms with Crippen molar-refractivity contribution in [1.29, 1.82) is 0 Å². The van der Waals surface area contributed by atoms with Crippen LogP contribution in [0.2, 0.25) is 0 Å². The molecule has 6 nitrogen and oxygen atoms in total. The van der Waals surface area contributed by atoms with Crippen molar-refractivity contribution in [3.63, 3.8) is 0 Å². The maximum Gasteiger partial charge on any atom is 0.268 e. The van der Waals surface area contributed by atoms with Gasteiger partial charge in [0.2, 0.25) is 0 Å². The third-order valence-electron chi connectivity index (χ3n) is 5.23. The zero-order valence-corrected chi connectivity index (χ0v) is 17.7. The molecule has 1 atom stereocenters. The second-order valence-corrected chi connectivity index (χ2v) is 7.60. The molecule has 0 unspecified atom stereocenters. The Balaban J connectivity index is 1.97. The first-order valence-corrected chi connectivity index (χ1v) is 10.6. The van der Waals surface area contributed by atoms with E-state index >= 15 is 0 Å². The van der Waals surface area contributed by atoms with Gasteiger partial charge < -0.3 is 15.8 Å². The number of aromatic nitrogens is 2. The standard InChI is InChI=1S/C24H30N4O2/c1-3-19(25)23-27-21-15-10-14-20(26-16-9-5-6-11-17(2)29)22(21)24(30)28(23)18-12-7-4-8-13-18/h4,7-8,10,12-15,19,26H,3,5-6,9,11,16,25H2,1-2H3/t19-/m0/s1. The molecule has 158 valence electrons. The van der Waals surface area contributed by atoms with E-state index in [4.69, 9.17) is 10.7 Å². The highest BCUT2D eigenvalue weighted by Gasteiger charge is 2.18. The summed E-state index contributed by atoms with van der Waals surface area (Å²) in [5.41, 5.74) is 8.38. The van der Waals surface area contributed by atoms with Crippen molar-refractivity contribution in [2.24, 2.45) is 5.73 Å². The molecular weight excluding hydrogens is 376 g/mol. The van der Waals surface area contributed by atoms with Crippen LogP contribution in [0, 0.1) is 0 Å². The van der Waals surface area contributed by atoms with Gasteiger partial charge in [0.05, 0.1) is 22.6 Å². The van der Waals surface area contributed by atoms with Gasteiger partial charge in [0.1, 0.15) is 11.6 Å². The van der Waals surface area contributed by atoms with Gasteiger partial charge >= 0.3 is 0 Å². The highest BCUT2D eigenvalue weighted by atomic mass is 16.1. The zero-order chi connectivity index (χ0) is 21.5. The first-order valence-electron chi connectivity index (χ1n) is 10.6. The second-order valence-electron chi connectivity index (χ2n) is 7.60. The number of para-hydroxylation sites is 1. The molecule has 0 spiro atoms. The fourth-order valence-electron chi connectivity index (χ4n) is 3.55. The lowest BCUT2D eigenvalue weighted by molar-refractivity contribution is -0.117. The van der Waals surface area contributed by atoms with Crippen LogP contribution < -0.4 is 16.6 Å². The van der Waals surface area contributed by atoms with E-state index in [9.17, 15) is 9.59 Å². The quantitative estimate of drug-likeness (QED) is 0.488. The minimum atomic E-state index is -0.333. The molecule has 1 aromatic heterocycles. The van der Waals surface area contributed by atoms with Crippen molar-refractivity contribution >= 4 is 22.4 Å². The molecule has 0 amide bonds. The number of unbranched alkanes of at least 4 members (excludes halogenated alkanes) is 2. The van der Waals surface area contributed by atoms with E-state index in [1.54, 1.807) is 11.5 Å². The lowest BCUT2D eigenvalue weighted by Gasteiger charge is -2.19. The van der Waals surface area contributed by atoms with Gasteiger partial charge in [0.15, 0.2) is 0 Å². The smallest absolute Gasteiger partial charge is 0.268 e. The molecular formula is C24H30N4O2. The molecule has 0 aliphatic rings. The Kier molecular flexibility index (Phi) is 7.36. The van der Waals surface area contributed by atoms with Crippen LogP contribution in [0.4, 0.5) is 5.69 Å². The highest BCUT2D eigenvalue weighted by molar-refractivity contribution is 5.91. The SMILES string of the molecule is CC[C@H](N)c1nc2cccc(NCCCCCC(C)=O)c2c(=O)n1-c1ccccc1. The lowest BCUT2D eigenvalue weighted by Crippen LogP contribution is -2.28. The second kappa shape index (κ2) is 10.2. The van der Waals surface area contributed by atoms with Crippen LogP contribution in [0.1, 0.15) is 57.8 Å². The maximum absolute atomic E-state index is 13.6. The molecule has 0 bridgehead atoms. The van der Waals surface area contributed by atoms with E-state index < -0.39 is 0 Å². The minimum Gasteiger partial charge on any atom is -0.384 e. The Bertz CT molecular complexity index is 1060. The van der Waals surface area contributed by atoms with Crippen molar-refractivity contribution in [1.82, 2.24) is 9.55 Å². The number of carbonyl (C=O) groups excluding carboxylic acids is 1. The topological polar surface area (TPSA) is 90.0 Å². The summed E-state index contributed by atoms with van der Waals surface area (Å²) in [5, 5.41) is 3.96. The van der Waals surface area contributed by atoms with Crippen LogP contribution in [-0.2, 0) is 4.79 Å². The van der Waals surface area contributed by atoms with E-state index in [0.29, 0.717) is 29.6 Å². The van der Waals surface area contributed by atoms with E-state index in [-0.39, 0.29) is 17.4 Å². The van der Waals surface area contributed by atoms with Gasteiger partial charge in [-0.25, -0.2) is 4.98 Å². The molecule has 3 rings (SSSR count). The molecule has 0 saturated heterocycles. The van der Waals surface area contributed by atoms with Gasteiger partial charge in [-0.1, -0.05) is 37.6 Å². The van der Waals surface area contributed by atoms with Crippen LogP contribution in [-0.4, -0.2) is 21.9 Å². The summed E-state index contributed by atoms with van der Waals surface area (Å²) >= 11 is 0. The van der Waals surface area contributed by atoms with Crippen molar-refractivity contribution in [2.75, 3.05) is 11.9 Å². The minimum absolute atomic E-state index is 0.121. The number of hydrogen-bond donors (Lipinski definition) is 2. The highest BCUT2D eigenvalue weighted by Crippen LogP contribution is 2.23. The Morgan fingerprint density at radius 1 is 1.10 bits per heavy atom. The van der Waals surface area contributed by atoms with Crippen LogP contribution in [0.25, 0.3) is 16.6 Å². The molecule has 1 heterocycles. The van der Waals surface area contributed by atoms with Crippen molar-refractivity contribution < 1.29 is 4.79 Å². The van der Waals surface area contributed by atoms with Crippen LogP contribution in [0.15, 0.2) is 53.3 Å². The largest absolute Gasteiger partial charge is 0.384 e. The molecule has 3 N–H and O–H groups in total. The van der Waals surface area contributed by atoms with Crippen molar-refractivity contribution in [3.05, 3.63) is 64.7 Å². The summed E-state index contributed by atoms with van der Waals surface area (Å²) < 4.78 is 1.63. The monoisotopic (exact) mass is 406 g/mol. The molecule has 6 heteroatoms. The van der Waals surface area contributed by atoms with Gasteiger partial charge in [-0.2, -0.15) is 0 Å². The van der Waals surface area contributed by atoms with Gasteiger partial charge in [0, 0.05) is 18.7 Å². The van der Waals surface area contributed by atoms with E-state index in [2.05, 4.69) is 5.32 Å². The van der Waals surface area contributed by atoms with Gasteiger partial charge in [-0.15, -0.1) is 0 Å². The maximum atomic E-state index is 13.6. The van der Waals surface area contributed by atoms with Gasteiger partial charge in [0.25, 0.3) is 5.56 Å². The van der Waals surface area contributed by atoms with Gasteiger partial charge in [-0.3, -0.25) is 9.36 Å². The molecule has 3 aromatic rings. The average molecular weight is 407 g/mol. The number of nitrogens with two attached hydrogens (primary N) is 1. The molecule has 30 heavy (non-hydrogen) atoms. The molecule has 0 radical (unpaired) electrons. The fourth-order valence-corrected chi connectivity index (χ4v) is 3.55. The number of hydrogen-bond acceptors (Lipinski definition) is 5. The first kappa shape index (κ1) is 21.7. The fraction of sp³-hybridized carbons (Fsp3) is 0.375. The van der Waals surface area contributed by atoms with Crippen LogP contribution in [0.5, 0.6) is 0 Å². The van der Waals surface area contributed by atoms with Crippen LogP contribution >= 0.6 is 0 Å². The zero-order valence-electron chi connectivity index (χ0n) is 17.7. The first-order chi connectivity index (χ1) is 14.5. The van der Waals surface area contributed by atoms with Crippen LogP contribution in [0.3, 0.4) is 0 Å². The Morgan fingerprint density at radius 3 is 2.57 bits per heavy atom. The number of benzene rings is 2. The third kappa shape index (κ3) is 4.94. The predicted molar refractivity (Wildman–Crippen MR) is 122 cm³/mol. The summed E-state index contributed by atoms with van der Waals surface area (Å²) in [6, 6.07) is 14.9. The van der Waals surface area contributed by atoms with Gasteiger partial charge in [-0.05, 0) is 50.5 Å². The molecule has 0 aliphatic heterocycles. The summed E-state index contributed by atoms with van der Waals surface area (Å²) in [4.78, 5) is 29.4. The Morgan fingerprint density at radius 2 is 1.87 bits per heavy atom. The number of nitrogens with one attached hydrogen (secondary N) is 1. The normalized spacial score (nSPS) is 12.1. The van der Waals surface area contributed by atoms with Crippen molar-refractivity contribution in [3.8, 4) is 5.69 Å². The summed E-state index contributed by atoms with van der Waals surface area (Å²) in [5.74, 6) is 0.799. The predicted octanol–water partition coefficient (Wildman–Crippen LogP) is 4.36. The molecule has 2 aromatic carbocycles. The lowest BCUT2D eigenvalue weighted by atomic mass is 10.1. The summed E-state index contributed by atoms with van der Waals surface area (Å²) in [6.45, 7) is 4.34. The number of rotatable bonds is 10. The number of anilines is 1. The number of ketones is 1. The average Bonchev–Trinajstić information content (AvgIpc) is 2.75. The van der Waals surface area contributed by atoms with Crippen molar-refractivity contribution in [2.45, 2.75) is 52.0 Å². The number of fused-ring (bicyclic) bond motifs is 1. The van der Waals surface area contributed by atoms with E-state index in [0.717, 1.165) is 37.2 Å².